The first kappa shape index (κ1) is 23.9. The molecule has 0 heterocycles. The van der Waals surface area contributed by atoms with E-state index in [1.165, 1.54) is 31.3 Å². The van der Waals surface area contributed by atoms with Crippen LogP contribution in [0.2, 0.25) is 0 Å². The van der Waals surface area contributed by atoms with Gasteiger partial charge in [0.15, 0.2) is 0 Å². The van der Waals surface area contributed by atoms with E-state index in [0.717, 1.165) is 38.5 Å². The lowest BCUT2D eigenvalue weighted by molar-refractivity contribution is -0.248. The van der Waals surface area contributed by atoms with Crippen molar-refractivity contribution in [2.75, 3.05) is 0 Å². The Morgan fingerprint density at radius 2 is 1.52 bits per heavy atom. The summed E-state index contributed by atoms with van der Waals surface area (Å²) in [5, 5.41) is 21.4. The highest BCUT2D eigenvalue weighted by molar-refractivity contribution is 5.76. The maximum Gasteiger partial charge on any atom is 0.309 e. The number of fused-ring (bicyclic) bond motifs is 7. The largest absolute Gasteiger partial charge is 0.481 e. The molecule has 3 nitrogen and oxygen atoms in total. The monoisotopic (exact) mass is 456 g/mol. The molecule has 0 amide bonds. The number of rotatable bonds is 2. The van der Waals surface area contributed by atoms with Crippen LogP contribution in [0, 0.1) is 56.7 Å². The van der Waals surface area contributed by atoms with E-state index < -0.39 is 11.4 Å². The van der Waals surface area contributed by atoms with Crippen molar-refractivity contribution < 1.29 is 15.0 Å². The number of aliphatic hydroxyl groups excluding tert-OH is 1. The summed E-state index contributed by atoms with van der Waals surface area (Å²) >= 11 is 0. The summed E-state index contributed by atoms with van der Waals surface area (Å²) in [6.07, 6.45) is 10.5. The minimum atomic E-state index is -0.538. The molecule has 3 unspecified atom stereocenters. The zero-order valence-electron chi connectivity index (χ0n) is 22.0. The summed E-state index contributed by atoms with van der Waals surface area (Å²) in [5.41, 5.74) is 1.35. The number of hydrogen-bond donors (Lipinski definition) is 2. The fourth-order valence-corrected chi connectivity index (χ4v) is 11.5. The zero-order valence-corrected chi connectivity index (χ0v) is 22.0. The first-order valence-electron chi connectivity index (χ1n) is 13.8. The standard InChI is InChI=1S/C30H48O3/c1-18(2)19-10-15-30(25(32)33)17-16-28(6)20(24(19)30)8-9-22-27(5)13-12-23(31)26(3,4)21(27)11-14-29(22,28)7/h19-24,31H,1,8-17H2,2-7H3,(H,32,33)/t19-,20+,21?,22?,23-,24?,27-,28+,29+,30-/m0/s1. The summed E-state index contributed by atoms with van der Waals surface area (Å²) in [6.45, 7) is 18.8. The van der Waals surface area contributed by atoms with Crippen LogP contribution < -0.4 is 0 Å². The van der Waals surface area contributed by atoms with Gasteiger partial charge >= 0.3 is 5.97 Å². The average molecular weight is 457 g/mol. The van der Waals surface area contributed by atoms with Crippen LogP contribution in [0.4, 0.5) is 0 Å². The molecule has 0 bridgehead atoms. The third-order valence-electron chi connectivity index (χ3n) is 13.5. The third kappa shape index (κ3) is 2.75. The summed E-state index contributed by atoms with van der Waals surface area (Å²) in [7, 11) is 0. The Balaban J connectivity index is 1.57. The van der Waals surface area contributed by atoms with E-state index in [0.29, 0.717) is 23.7 Å². The number of aliphatic carboxylic acids is 1. The molecule has 33 heavy (non-hydrogen) atoms. The lowest BCUT2D eigenvalue weighted by Crippen LogP contribution is -2.67. The van der Waals surface area contributed by atoms with Crippen molar-refractivity contribution in [1.82, 2.24) is 0 Å². The molecule has 5 rings (SSSR count). The van der Waals surface area contributed by atoms with Gasteiger partial charge in [-0.1, -0.05) is 46.8 Å². The van der Waals surface area contributed by atoms with Gasteiger partial charge in [-0.15, -0.1) is 0 Å². The molecule has 5 fully saturated rings. The Morgan fingerprint density at radius 1 is 0.818 bits per heavy atom. The van der Waals surface area contributed by atoms with Crippen molar-refractivity contribution in [3.8, 4) is 0 Å². The molecule has 0 saturated heterocycles. The van der Waals surface area contributed by atoms with Gasteiger partial charge < -0.3 is 10.2 Å². The molecule has 10 atom stereocenters. The fourth-order valence-electron chi connectivity index (χ4n) is 11.5. The Kier molecular flexibility index (Phi) is 5.15. The second-order valence-corrected chi connectivity index (χ2v) is 14.5. The van der Waals surface area contributed by atoms with Crippen LogP contribution in [-0.2, 0) is 4.79 Å². The number of carboxylic acids is 1. The number of aliphatic hydroxyl groups is 1. The molecule has 0 aromatic heterocycles. The summed E-state index contributed by atoms with van der Waals surface area (Å²) in [6, 6.07) is 0. The summed E-state index contributed by atoms with van der Waals surface area (Å²) < 4.78 is 0. The normalized spacial score (nSPS) is 55.0. The van der Waals surface area contributed by atoms with Crippen LogP contribution in [0.5, 0.6) is 0 Å². The molecule has 0 aliphatic heterocycles. The fraction of sp³-hybridized carbons (Fsp3) is 0.900. The molecule has 0 aromatic rings. The number of carbonyl (C=O) groups is 1. The number of hydrogen-bond acceptors (Lipinski definition) is 2. The predicted molar refractivity (Wildman–Crippen MR) is 133 cm³/mol. The van der Waals surface area contributed by atoms with Crippen molar-refractivity contribution in [3.63, 3.8) is 0 Å². The van der Waals surface area contributed by atoms with Crippen LogP contribution in [0.1, 0.15) is 106 Å². The molecule has 5 saturated carbocycles. The minimum absolute atomic E-state index is 0.0202. The lowest BCUT2D eigenvalue weighted by Gasteiger charge is -2.72. The summed E-state index contributed by atoms with van der Waals surface area (Å²) in [5.74, 6) is 1.79. The van der Waals surface area contributed by atoms with Crippen LogP contribution in [-0.4, -0.2) is 22.3 Å². The molecule has 0 spiro atoms. The van der Waals surface area contributed by atoms with E-state index in [1.54, 1.807) is 0 Å². The second kappa shape index (κ2) is 7.11. The minimum Gasteiger partial charge on any atom is -0.481 e. The molecule has 5 aliphatic rings. The molecule has 0 aromatic carbocycles. The smallest absolute Gasteiger partial charge is 0.309 e. The van der Waals surface area contributed by atoms with Crippen molar-refractivity contribution in [3.05, 3.63) is 12.2 Å². The highest BCUT2D eigenvalue weighted by Gasteiger charge is 2.71. The van der Waals surface area contributed by atoms with Gasteiger partial charge in [0.25, 0.3) is 0 Å². The first-order chi connectivity index (χ1) is 15.3. The van der Waals surface area contributed by atoms with Crippen molar-refractivity contribution >= 4 is 5.97 Å². The Hall–Kier alpha value is -0.830. The number of carboxylic acid groups (broad SMARTS) is 1. The van der Waals surface area contributed by atoms with Gasteiger partial charge in [0.2, 0.25) is 0 Å². The molecule has 3 heteroatoms. The maximum atomic E-state index is 12.8. The number of allylic oxidation sites excluding steroid dienone is 1. The second-order valence-electron chi connectivity index (χ2n) is 14.5. The van der Waals surface area contributed by atoms with E-state index in [1.807, 2.05) is 0 Å². The zero-order chi connectivity index (χ0) is 24.2. The molecule has 2 N–H and O–H groups in total. The topological polar surface area (TPSA) is 57.5 Å². The van der Waals surface area contributed by atoms with Crippen LogP contribution in [0.3, 0.4) is 0 Å². The van der Waals surface area contributed by atoms with Gasteiger partial charge in [0.1, 0.15) is 0 Å². The van der Waals surface area contributed by atoms with Crippen LogP contribution in [0.25, 0.3) is 0 Å². The molecular weight excluding hydrogens is 408 g/mol. The predicted octanol–water partition coefficient (Wildman–Crippen LogP) is 7.09. The summed E-state index contributed by atoms with van der Waals surface area (Å²) in [4.78, 5) is 12.8. The van der Waals surface area contributed by atoms with E-state index >= 15 is 0 Å². The molecular formula is C30H48O3. The quantitative estimate of drug-likeness (QED) is 0.436. The highest BCUT2D eigenvalue weighted by atomic mass is 16.4. The van der Waals surface area contributed by atoms with Crippen molar-refractivity contribution in [1.29, 1.82) is 0 Å². The Bertz CT molecular complexity index is 861. The van der Waals surface area contributed by atoms with E-state index in [2.05, 4.69) is 48.1 Å². The third-order valence-corrected chi connectivity index (χ3v) is 13.5. The van der Waals surface area contributed by atoms with Crippen molar-refractivity contribution in [2.24, 2.45) is 56.7 Å². The van der Waals surface area contributed by atoms with Gasteiger partial charge in [-0.25, -0.2) is 0 Å². The van der Waals surface area contributed by atoms with E-state index in [9.17, 15) is 15.0 Å². The van der Waals surface area contributed by atoms with Gasteiger partial charge in [-0.05, 0) is 122 Å². The Labute approximate surface area is 201 Å². The maximum absolute atomic E-state index is 12.8. The van der Waals surface area contributed by atoms with Crippen LogP contribution >= 0.6 is 0 Å². The molecule has 186 valence electrons. The SMILES string of the molecule is C=C(C)[C@@H]1CC[C@]2(C(=O)O)CC[C@]3(C)[C@H](CCC4[C@@]5(C)CC[C@H](O)C(C)(C)C5CC[C@]43C)C12. The van der Waals surface area contributed by atoms with Gasteiger partial charge in [-0.3, -0.25) is 4.79 Å². The van der Waals surface area contributed by atoms with Gasteiger partial charge in [0.05, 0.1) is 11.5 Å². The van der Waals surface area contributed by atoms with Crippen molar-refractivity contribution in [2.45, 2.75) is 112 Å². The van der Waals surface area contributed by atoms with E-state index in [4.69, 9.17) is 0 Å². The average Bonchev–Trinajstić information content (AvgIpc) is 3.13. The lowest BCUT2D eigenvalue weighted by atomic mass is 9.32. The van der Waals surface area contributed by atoms with Gasteiger partial charge in [-0.2, -0.15) is 0 Å². The van der Waals surface area contributed by atoms with Crippen LogP contribution in [0.15, 0.2) is 12.2 Å². The Morgan fingerprint density at radius 3 is 2.15 bits per heavy atom. The van der Waals surface area contributed by atoms with Gasteiger partial charge in [0, 0.05) is 0 Å². The highest BCUT2D eigenvalue weighted by Crippen LogP contribution is 2.77. The molecule has 5 aliphatic carbocycles. The molecule has 0 radical (unpaired) electrons. The first-order valence-corrected chi connectivity index (χ1v) is 13.8. The van der Waals surface area contributed by atoms with E-state index in [-0.39, 0.29) is 33.7 Å².